The smallest absolute Gasteiger partial charge is 0.254 e. The summed E-state index contributed by atoms with van der Waals surface area (Å²) >= 11 is 0. The zero-order chi connectivity index (χ0) is 20.8. The van der Waals surface area contributed by atoms with Crippen LogP contribution in [0.5, 0.6) is 5.75 Å². The van der Waals surface area contributed by atoms with Gasteiger partial charge in [0.15, 0.2) is 0 Å². The van der Waals surface area contributed by atoms with E-state index in [0.717, 1.165) is 69.7 Å². The average molecular weight is 410 g/mol. The zero-order valence-corrected chi connectivity index (χ0v) is 17.4. The molecule has 0 radical (unpaired) electrons. The van der Waals surface area contributed by atoms with Gasteiger partial charge in [0, 0.05) is 37.9 Å². The van der Waals surface area contributed by atoms with Crippen molar-refractivity contribution in [3.8, 4) is 5.75 Å². The van der Waals surface area contributed by atoms with E-state index in [1.165, 1.54) is 0 Å². The van der Waals surface area contributed by atoms with E-state index in [-0.39, 0.29) is 24.7 Å². The van der Waals surface area contributed by atoms with Gasteiger partial charge in [0.05, 0.1) is 18.3 Å². The number of rotatable bonds is 6. The Bertz CT molecular complexity index is 804. The number of hydrogen-bond acceptors (Lipinski definition) is 5. The first-order chi connectivity index (χ1) is 14.7. The normalized spacial score (nSPS) is 20.8. The highest BCUT2D eigenvalue weighted by atomic mass is 16.5. The highest BCUT2D eigenvalue weighted by Crippen LogP contribution is 2.23. The molecule has 1 aromatic heterocycles. The van der Waals surface area contributed by atoms with Crippen molar-refractivity contribution in [2.75, 3.05) is 26.2 Å². The van der Waals surface area contributed by atoms with Crippen LogP contribution in [0.4, 0.5) is 0 Å². The molecular formula is C24H31N3O3. The molecule has 0 saturated carbocycles. The number of amides is 1. The van der Waals surface area contributed by atoms with E-state index in [1.54, 1.807) is 0 Å². The number of piperidine rings is 2. The molecule has 6 heteroatoms. The molecule has 2 fully saturated rings. The van der Waals surface area contributed by atoms with Crippen molar-refractivity contribution < 1.29 is 14.6 Å². The lowest BCUT2D eigenvalue weighted by molar-refractivity contribution is 0.0503. The summed E-state index contributed by atoms with van der Waals surface area (Å²) in [6.45, 7) is 3.63. The second kappa shape index (κ2) is 10.0. The third kappa shape index (κ3) is 5.18. The predicted octanol–water partition coefficient (Wildman–Crippen LogP) is 3.11. The lowest BCUT2D eigenvalue weighted by Gasteiger charge is -2.34. The van der Waals surface area contributed by atoms with Crippen LogP contribution in [0.25, 0.3) is 0 Å². The Morgan fingerprint density at radius 2 is 1.83 bits per heavy atom. The Hall–Kier alpha value is -2.44. The van der Waals surface area contributed by atoms with Crippen molar-refractivity contribution in [1.29, 1.82) is 0 Å². The third-order valence-corrected chi connectivity index (χ3v) is 6.15. The van der Waals surface area contributed by atoms with Crippen LogP contribution in [0.15, 0.2) is 48.7 Å². The van der Waals surface area contributed by atoms with Crippen molar-refractivity contribution in [1.82, 2.24) is 14.8 Å². The van der Waals surface area contributed by atoms with Crippen molar-refractivity contribution in [2.24, 2.45) is 0 Å². The number of pyridine rings is 1. The first-order valence-electron chi connectivity index (χ1n) is 11.0. The summed E-state index contributed by atoms with van der Waals surface area (Å²) in [6.07, 6.45) is 6.97. The van der Waals surface area contributed by atoms with E-state index in [9.17, 15) is 9.90 Å². The highest BCUT2D eigenvalue weighted by molar-refractivity contribution is 5.94. The second-order valence-corrected chi connectivity index (χ2v) is 8.27. The van der Waals surface area contributed by atoms with Crippen LogP contribution < -0.4 is 4.74 Å². The number of carbonyl (C=O) groups is 1. The van der Waals surface area contributed by atoms with Gasteiger partial charge in [0.2, 0.25) is 0 Å². The molecule has 160 valence electrons. The number of nitrogens with zero attached hydrogens (tertiary/aromatic N) is 3. The van der Waals surface area contributed by atoms with Crippen LogP contribution in [0.1, 0.15) is 48.2 Å². The Morgan fingerprint density at radius 1 is 1.03 bits per heavy atom. The van der Waals surface area contributed by atoms with Gasteiger partial charge in [-0.25, -0.2) is 0 Å². The van der Waals surface area contributed by atoms with Gasteiger partial charge in [-0.15, -0.1) is 0 Å². The Labute approximate surface area is 178 Å². The van der Waals surface area contributed by atoms with Gasteiger partial charge in [0.1, 0.15) is 11.9 Å². The summed E-state index contributed by atoms with van der Waals surface area (Å²) in [5, 5.41) is 9.56. The first kappa shape index (κ1) is 20.8. The molecule has 0 bridgehead atoms. The molecule has 0 aliphatic carbocycles. The maximum Gasteiger partial charge on any atom is 0.254 e. The molecule has 2 aromatic rings. The van der Waals surface area contributed by atoms with Crippen molar-refractivity contribution in [3.63, 3.8) is 0 Å². The number of carbonyl (C=O) groups excluding carboxylic acids is 1. The topological polar surface area (TPSA) is 65.9 Å². The van der Waals surface area contributed by atoms with Gasteiger partial charge < -0.3 is 14.7 Å². The number of hydrogen-bond donors (Lipinski definition) is 1. The predicted molar refractivity (Wildman–Crippen MR) is 115 cm³/mol. The molecule has 2 aliphatic rings. The van der Waals surface area contributed by atoms with E-state index < -0.39 is 0 Å². The molecule has 3 heterocycles. The summed E-state index contributed by atoms with van der Waals surface area (Å²) in [5.74, 6) is 0.815. The van der Waals surface area contributed by atoms with Crippen LogP contribution in [0, 0.1) is 0 Å². The molecule has 1 amide bonds. The maximum atomic E-state index is 12.8. The molecule has 2 saturated heterocycles. The van der Waals surface area contributed by atoms with Crippen molar-refractivity contribution in [3.05, 3.63) is 59.9 Å². The number of aliphatic hydroxyl groups excluding tert-OH is 1. The van der Waals surface area contributed by atoms with Gasteiger partial charge >= 0.3 is 0 Å². The molecule has 6 nitrogen and oxygen atoms in total. The molecule has 1 aromatic carbocycles. The van der Waals surface area contributed by atoms with E-state index in [0.29, 0.717) is 5.56 Å². The maximum absolute atomic E-state index is 12.8. The van der Waals surface area contributed by atoms with Gasteiger partial charge in [-0.05, 0) is 68.5 Å². The molecule has 30 heavy (non-hydrogen) atoms. The Kier molecular flexibility index (Phi) is 6.97. The van der Waals surface area contributed by atoms with E-state index in [2.05, 4.69) is 16.0 Å². The molecule has 0 spiro atoms. The first-order valence-corrected chi connectivity index (χ1v) is 11.0. The molecule has 0 unspecified atom stereocenters. The minimum absolute atomic E-state index is 0.00290. The summed E-state index contributed by atoms with van der Waals surface area (Å²) in [6, 6.07) is 13.5. The Morgan fingerprint density at radius 3 is 2.53 bits per heavy atom. The quantitative estimate of drug-likeness (QED) is 0.794. The molecule has 1 atom stereocenters. The number of aliphatic hydroxyl groups is 1. The molecule has 2 aliphatic heterocycles. The lowest BCUT2D eigenvalue weighted by atomic mass is 10.0. The minimum Gasteiger partial charge on any atom is -0.490 e. The van der Waals surface area contributed by atoms with E-state index in [1.807, 2.05) is 47.5 Å². The number of ether oxygens (including phenoxy) is 1. The standard InChI is InChI=1S/C24H31N3O3/c28-18-21-6-2-4-14-27(21)24(29)19-7-9-22(10-8-19)30-23-11-15-26(16-12-23)17-20-5-1-3-13-25-20/h1,3,5,7-10,13,21,23,28H,2,4,6,11-12,14-18H2/t21-/m0/s1. The number of aromatic nitrogens is 1. The van der Waals surface area contributed by atoms with Crippen molar-refractivity contribution in [2.45, 2.75) is 50.8 Å². The van der Waals surface area contributed by atoms with Crippen LogP contribution in [-0.2, 0) is 6.54 Å². The lowest BCUT2D eigenvalue weighted by Crippen LogP contribution is -2.45. The summed E-state index contributed by atoms with van der Waals surface area (Å²) in [5.41, 5.74) is 1.77. The van der Waals surface area contributed by atoms with Crippen LogP contribution in [0.2, 0.25) is 0 Å². The third-order valence-electron chi connectivity index (χ3n) is 6.15. The molecule has 1 N–H and O–H groups in total. The minimum atomic E-state index is -0.0570. The number of likely N-dealkylation sites (tertiary alicyclic amines) is 2. The molecular weight excluding hydrogens is 378 g/mol. The molecule has 4 rings (SSSR count). The number of benzene rings is 1. The average Bonchev–Trinajstić information content (AvgIpc) is 2.81. The highest BCUT2D eigenvalue weighted by Gasteiger charge is 2.27. The summed E-state index contributed by atoms with van der Waals surface area (Å²) in [7, 11) is 0. The Balaban J connectivity index is 1.27. The second-order valence-electron chi connectivity index (χ2n) is 8.27. The van der Waals surface area contributed by atoms with Crippen LogP contribution >= 0.6 is 0 Å². The van der Waals surface area contributed by atoms with Gasteiger partial charge in [-0.3, -0.25) is 14.7 Å². The van der Waals surface area contributed by atoms with Gasteiger partial charge in [-0.1, -0.05) is 6.07 Å². The summed E-state index contributed by atoms with van der Waals surface area (Å²) in [4.78, 5) is 21.5. The van der Waals surface area contributed by atoms with Crippen molar-refractivity contribution >= 4 is 5.91 Å². The van der Waals surface area contributed by atoms with Gasteiger partial charge in [-0.2, -0.15) is 0 Å². The van der Waals surface area contributed by atoms with Gasteiger partial charge in [0.25, 0.3) is 5.91 Å². The largest absolute Gasteiger partial charge is 0.490 e. The van der Waals surface area contributed by atoms with Crippen LogP contribution in [-0.4, -0.2) is 64.2 Å². The fraction of sp³-hybridized carbons (Fsp3) is 0.500. The summed E-state index contributed by atoms with van der Waals surface area (Å²) < 4.78 is 6.17. The fourth-order valence-corrected chi connectivity index (χ4v) is 4.40. The zero-order valence-electron chi connectivity index (χ0n) is 17.4. The van der Waals surface area contributed by atoms with E-state index in [4.69, 9.17) is 4.74 Å². The SMILES string of the molecule is O=C(c1ccc(OC2CCN(Cc3ccccn3)CC2)cc1)N1CCCC[C@H]1CO. The van der Waals surface area contributed by atoms with Crippen LogP contribution in [0.3, 0.4) is 0 Å². The monoisotopic (exact) mass is 409 g/mol. The van der Waals surface area contributed by atoms with E-state index >= 15 is 0 Å². The fourth-order valence-electron chi connectivity index (χ4n) is 4.40.